The molecule has 4 atom stereocenters. The predicted molar refractivity (Wildman–Crippen MR) is 55.4 cm³/mol. The van der Waals surface area contributed by atoms with Gasteiger partial charge in [0.2, 0.25) is 0 Å². The summed E-state index contributed by atoms with van der Waals surface area (Å²) < 4.78 is 0. The van der Waals surface area contributed by atoms with Gasteiger partial charge in [-0.05, 0) is 37.2 Å². The van der Waals surface area contributed by atoms with Gasteiger partial charge in [-0.3, -0.25) is 0 Å². The Morgan fingerprint density at radius 3 is 1.73 bits per heavy atom. The van der Waals surface area contributed by atoms with Gasteiger partial charge in [-0.1, -0.05) is 6.42 Å². The molecule has 0 aromatic carbocycles. The lowest BCUT2D eigenvalue weighted by Gasteiger charge is -2.47. The summed E-state index contributed by atoms with van der Waals surface area (Å²) in [4.78, 5) is 0. The van der Waals surface area contributed by atoms with Gasteiger partial charge in [0.1, 0.15) is 0 Å². The van der Waals surface area contributed by atoms with Crippen LogP contribution < -0.4 is 0 Å². The molecule has 2 heteroatoms. The molecule has 0 aromatic rings. The van der Waals surface area contributed by atoms with Gasteiger partial charge < -0.3 is 0 Å². The Morgan fingerprint density at radius 1 is 0.909 bits per heavy atom. The van der Waals surface area contributed by atoms with Crippen molar-refractivity contribution >= 4 is 23.5 Å². The number of hydrogen-bond acceptors (Lipinski definition) is 2. The van der Waals surface area contributed by atoms with E-state index in [1.807, 2.05) is 0 Å². The molecule has 0 bridgehead atoms. The molecular weight excluding hydrogens is 172 g/mol. The van der Waals surface area contributed by atoms with Crippen LogP contribution in [-0.2, 0) is 0 Å². The Kier molecular flexibility index (Phi) is 2.43. The first-order valence-electron chi connectivity index (χ1n) is 4.44. The fourth-order valence-electron chi connectivity index (χ4n) is 2.79. The van der Waals surface area contributed by atoms with E-state index in [-0.39, 0.29) is 0 Å². The molecule has 0 saturated heterocycles. The van der Waals surface area contributed by atoms with E-state index in [2.05, 4.69) is 36.0 Å². The van der Waals surface area contributed by atoms with Crippen molar-refractivity contribution in [3.63, 3.8) is 0 Å². The van der Waals surface area contributed by atoms with E-state index in [1.54, 1.807) is 0 Å². The molecule has 0 aliphatic heterocycles. The fourth-order valence-corrected chi connectivity index (χ4v) is 5.77. The summed E-state index contributed by atoms with van der Waals surface area (Å²) in [5, 5.41) is 2.00. The van der Waals surface area contributed by atoms with E-state index in [1.165, 1.54) is 19.3 Å². The zero-order valence-electron chi connectivity index (χ0n) is 7.25. The number of hydrogen-bond donors (Lipinski definition) is 0. The molecule has 0 nitrogen and oxygen atoms in total. The van der Waals surface area contributed by atoms with E-state index in [0.717, 1.165) is 22.3 Å². The van der Waals surface area contributed by atoms with E-state index >= 15 is 0 Å². The lowest BCUT2D eigenvalue weighted by Crippen LogP contribution is -2.48. The molecule has 0 radical (unpaired) electrons. The topological polar surface area (TPSA) is 0 Å². The molecule has 0 aromatic heterocycles. The molecule has 11 heavy (non-hydrogen) atoms. The summed E-state index contributed by atoms with van der Waals surface area (Å²) in [6.45, 7) is 0. The lowest BCUT2D eigenvalue weighted by atomic mass is 9.75. The molecule has 2 fully saturated rings. The second-order valence-electron chi connectivity index (χ2n) is 3.66. The molecule has 0 amide bonds. The highest BCUT2D eigenvalue weighted by Gasteiger charge is 2.51. The summed E-state index contributed by atoms with van der Waals surface area (Å²) in [5.74, 6) is 2.20. The third-order valence-corrected chi connectivity index (χ3v) is 5.88. The minimum Gasteiger partial charge on any atom is -0.161 e. The first-order valence-corrected chi connectivity index (χ1v) is 7.01. The summed E-state index contributed by atoms with van der Waals surface area (Å²) in [6, 6.07) is 0. The molecule has 4 unspecified atom stereocenters. The van der Waals surface area contributed by atoms with Gasteiger partial charge in [0, 0.05) is 10.5 Å². The monoisotopic (exact) mass is 188 g/mol. The van der Waals surface area contributed by atoms with Crippen molar-refractivity contribution < 1.29 is 0 Å². The maximum Gasteiger partial charge on any atom is 0.0197 e. The number of fused-ring (bicyclic) bond motifs is 1. The first-order chi connectivity index (χ1) is 5.38. The molecule has 2 aliphatic rings. The Hall–Kier alpha value is 0.700. The standard InChI is InChI=1S/C9H16S2/c1-10-8-6-4-3-5-7(6)9(8)11-2/h6-9H,3-5H2,1-2H3. The molecule has 0 spiro atoms. The van der Waals surface area contributed by atoms with E-state index in [0.29, 0.717) is 0 Å². The Morgan fingerprint density at radius 2 is 1.36 bits per heavy atom. The van der Waals surface area contributed by atoms with Crippen molar-refractivity contribution in [1.29, 1.82) is 0 Å². The van der Waals surface area contributed by atoms with Gasteiger partial charge in [-0.25, -0.2) is 0 Å². The number of thioether (sulfide) groups is 2. The third kappa shape index (κ3) is 1.14. The van der Waals surface area contributed by atoms with Gasteiger partial charge in [0.05, 0.1) is 0 Å². The SMILES string of the molecule is CSC1C2CCCC2C1SC. The average Bonchev–Trinajstić information content (AvgIpc) is 2.36. The minimum absolute atomic E-state index is 0.998. The van der Waals surface area contributed by atoms with Crippen molar-refractivity contribution in [2.45, 2.75) is 29.8 Å². The number of rotatable bonds is 2. The van der Waals surface area contributed by atoms with Gasteiger partial charge in [0.25, 0.3) is 0 Å². The molecule has 0 N–H and O–H groups in total. The maximum atomic E-state index is 2.28. The fraction of sp³-hybridized carbons (Fsp3) is 1.00. The van der Waals surface area contributed by atoms with Crippen LogP contribution in [0, 0.1) is 11.8 Å². The smallest absolute Gasteiger partial charge is 0.0197 e. The Balaban J connectivity index is 2.00. The van der Waals surface area contributed by atoms with Crippen LogP contribution in [0.3, 0.4) is 0 Å². The molecule has 2 aliphatic carbocycles. The maximum absolute atomic E-state index is 2.28. The van der Waals surface area contributed by atoms with E-state index < -0.39 is 0 Å². The zero-order valence-corrected chi connectivity index (χ0v) is 8.88. The van der Waals surface area contributed by atoms with Crippen molar-refractivity contribution in [1.82, 2.24) is 0 Å². The zero-order chi connectivity index (χ0) is 7.84. The van der Waals surface area contributed by atoms with Crippen molar-refractivity contribution in [2.75, 3.05) is 12.5 Å². The van der Waals surface area contributed by atoms with Crippen LogP contribution in [-0.4, -0.2) is 23.0 Å². The second-order valence-corrected chi connectivity index (χ2v) is 5.69. The summed E-state index contributed by atoms with van der Waals surface area (Å²) in [5.41, 5.74) is 0. The van der Waals surface area contributed by atoms with Crippen LogP contribution in [0.15, 0.2) is 0 Å². The van der Waals surface area contributed by atoms with Crippen LogP contribution in [0.2, 0.25) is 0 Å². The molecule has 2 saturated carbocycles. The van der Waals surface area contributed by atoms with Crippen LogP contribution in [0.25, 0.3) is 0 Å². The quantitative estimate of drug-likeness (QED) is 0.653. The van der Waals surface area contributed by atoms with Crippen LogP contribution in [0.5, 0.6) is 0 Å². The Labute approximate surface area is 77.9 Å². The highest BCUT2D eigenvalue weighted by atomic mass is 32.2. The average molecular weight is 188 g/mol. The van der Waals surface area contributed by atoms with Crippen LogP contribution >= 0.6 is 23.5 Å². The molecule has 2 rings (SSSR count). The lowest BCUT2D eigenvalue weighted by molar-refractivity contribution is 0.246. The normalized spacial score (nSPS) is 48.5. The van der Waals surface area contributed by atoms with E-state index in [9.17, 15) is 0 Å². The van der Waals surface area contributed by atoms with Gasteiger partial charge >= 0.3 is 0 Å². The second kappa shape index (κ2) is 3.21. The predicted octanol–water partition coefficient (Wildman–Crippen LogP) is 2.88. The minimum atomic E-state index is 0.998. The van der Waals surface area contributed by atoms with Gasteiger partial charge in [-0.15, -0.1) is 0 Å². The highest BCUT2D eigenvalue weighted by Crippen LogP contribution is 2.55. The third-order valence-electron chi connectivity index (χ3n) is 3.34. The molecule has 0 heterocycles. The molecule has 64 valence electrons. The summed E-state index contributed by atoms with van der Waals surface area (Å²) >= 11 is 4.20. The van der Waals surface area contributed by atoms with E-state index in [4.69, 9.17) is 0 Å². The summed E-state index contributed by atoms with van der Waals surface area (Å²) in [6.07, 6.45) is 9.11. The largest absolute Gasteiger partial charge is 0.161 e. The Bertz CT molecular complexity index is 130. The molecular formula is C9H16S2. The first kappa shape index (κ1) is 8.31. The van der Waals surface area contributed by atoms with Crippen LogP contribution in [0.4, 0.5) is 0 Å². The van der Waals surface area contributed by atoms with Gasteiger partial charge in [-0.2, -0.15) is 23.5 Å². The van der Waals surface area contributed by atoms with Crippen molar-refractivity contribution in [3.8, 4) is 0 Å². The van der Waals surface area contributed by atoms with Gasteiger partial charge in [0.15, 0.2) is 0 Å². The van der Waals surface area contributed by atoms with Crippen LogP contribution in [0.1, 0.15) is 19.3 Å². The summed E-state index contributed by atoms with van der Waals surface area (Å²) in [7, 11) is 0. The highest BCUT2D eigenvalue weighted by molar-refractivity contribution is 8.03. The van der Waals surface area contributed by atoms with Crippen molar-refractivity contribution in [2.24, 2.45) is 11.8 Å². The van der Waals surface area contributed by atoms with Crippen molar-refractivity contribution in [3.05, 3.63) is 0 Å².